The number of benzene rings is 1. The zero-order valence-corrected chi connectivity index (χ0v) is 16.8. The maximum atomic E-state index is 13.5. The molecular weight excluding hydrogens is 404 g/mol. The van der Waals surface area contributed by atoms with Crippen LogP contribution in [-0.2, 0) is 16.1 Å². The Kier molecular flexibility index (Phi) is 4.35. The molecule has 2 amide bonds. The number of hydrogen-bond acceptors (Lipinski definition) is 6. The van der Waals surface area contributed by atoms with E-state index in [1.165, 1.54) is 16.7 Å². The molecule has 1 aliphatic carbocycles. The molecule has 1 unspecified atom stereocenters. The molecule has 2 aromatic rings. The van der Waals surface area contributed by atoms with Crippen LogP contribution >= 0.6 is 11.8 Å². The van der Waals surface area contributed by atoms with Crippen molar-refractivity contribution >= 4 is 35.1 Å². The summed E-state index contributed by atoms with van der Waals surface area (Å²) >= 11 is 1.17. The van der Waals surface area contributed by atoms with E-state index >= 15 is 0 Å². The van der Waals surface area contributed by atoms with Crippen LogP contribution in [0.15, 0.2) is 53.5 Å². The van der Waals surface area contributed by atoms with Gasteiger partial charge in [0.25, 0.3) is 5.91 Å². The normalized spacial score (nSPS) is 23.1. The minimum absolute atomic E-state index is 0.0590. The van der Waals surface area contributed by atoms with Crippen molar-refractivity contribution in [1.29, 1.82) is 0 Å². The molecule has 1 aromatic carbocycles. The lowest BCUT2D eigenvalue weighted by Crippen LogP contribution is -2.69. The van der Waals surface area contributed by atoms with Crippen molar-refractivity contribution in [3.8, 4) is 0 Å². The Balaban J connectivity index is 1.46. The van der Waals surface area contributed by atoms with Crippen LogP contribution < -0.4 is 5.32 Å². The average molecular weight is 422 g/mol. The van der Waals surface area contributed by atoms with Gasteiger partial charge in [-0.3, -0.25) is 19.2 Å². The molecule has 5 rings (SSSR count). The van der Waals surface area contributed by atoms with Crippen molar-refractivity contribution in [2.75, 3.05) is 18.8 Å². The fraction of sp³-hybridized carbons (Fsp3) is 0.286. The van der Waals surface area contributed by atoms with Crippen molar-refractivity contribution in [2.45, 2.75) is 18.5 Å². The fourth-order valence-electron chi connectivity index (χ4n) is 4.29. The molecule has 3 aliphatic rings. The fourth-order valence-corrected chi connectivity index (χ4v) is 5.64. The number of thioether (sulfide) groups is 1. The van der Waals surface area contributed by atoms with Crippen LogP contribution in [0.25, 0.3) is 0 Å². The smallest absolute Gasteiger partial charge is 0.254 e. The Labute approximate surface area is 176 Å². The molecule has 1 N–H and O–H groups in total. The second kappa shape index (κ2) is 6.94. The molecule has 2 aliphatic heterocycles. The second-order valence-electron chi connectivity index (χ2n) is 7.53. The number of carbonyl (C=O) groups excluding carboxylic acids is 4. The number of aromatic nitrogens is 2. The lowest BCUT2D eigenvalue weighted by atomic mass is 9.78. The first-order valence-electron chi connectivity index (χ1n) is 9.63. The van der Waals surface area contributed by atoms with Gasteiger partial charge in [0.2, 0.25) is 11.7 Å². The first-order valence-corrected chi connectivity index (χ1v) is 10.6. The summed E-state index contributed by atoms with van der Waals surface area (Å²) in [6.07, 6.45) is 5.85. The highest BCUT2D eigenvalue weighted by Gasteiger charge is 2.58. The quantitative estimate of drug-likeness (QED) is 0.790. The Bertz CT molecular complexity index is 1120. The Hall–Kier alpha value is -3.20. The molecule has 152 valence electrons. The molecule has 3 heterocycles. The molecule has 30 heavy (non-hydrogen) atoms. The zero-order chi connectivity index (χ0) is 20.9. The van der Waals surface area contributed by atoms with Gasteiger partial charge in [-0.1, -0.05) is 24.3 Å². The molecule has 8 nitrogen and oxygen atoms in total. The number of piperazine rings is 1. The highest BCUT2D eigenvalue weighted by atomic mass is 32.2. The third kappa shape index (κ3) is 2.72. The van der Waals surface area contributed by atoms with Gasteiger partial charge < -0.3 is 14.8 Å². The van der Waals surface area contributed by atoms with Gasteiger partial charge in [-0.25, -0.2) is 4.98 Å². The van der Waals surface area contributed by atoms with Gasteiger partial charge in [-0.2, -0.15) is 0 Å². The average Bonchev–Trinajstić information content (AvgIpc) is 3.39. The number of rotatable bonds is 4. The molecule has 0 saturated carbocycles. The third-order valence-electron chi connectivity index (χ3n) is 5.68. The number of nitrogens with zero attached hydrogens (tertiary/aromatic N) is 3. The van der Waals surface area contributed by atoms with Gasteiger partial charge in [0.15, 0.2) is 11.3 Å². The molecule has 1 fully saturated rings. The number of imidazole rings is 1. The number of aryl methyl sites for hydroxylation is 1. The lowest BCUT2D eigenvalue weighted by Gasteiger charge is -2.41. The Morgan fingerprint density at radius 2 is 1.83 bits per heavy atom. The van der Waals surface area contributed by atoms with E-state index < -0.39 is 5.54 Å². The molecule has 1 spiro atoms. The summed E-state index contributed by atoms with van der Waals surface area (Å²) in [5, 5.41) is 2.76. The molecule has 0 radical (unpaired) electrons. The van der Waals surface area contributed by atoms with E-state index in [-0.39, 0.29) is 51.7 Å². The van der Waals surface area contributed by atoms with Crippen LogP contribution in [0.1, 0.15) is 27.1 Å². The third-order valence-corrected chi connectivity index (χ3v) is 6.94. The van der Waals surface area contributed by atoms with Gasteiger partial charge in [0.05, 0.1) is 23.4 Å². The highest BCUT2D eigenvalue weighted by Crippen LogP contribution is 2.46. The summed E-state index contributed by atoms with van der Waals surface area (Å²) < 4.78 is 1.90. The highest BCUT2D eigenvalue weighted by molar-refractivity contribution is 8.04. The first kappa shape index (κ1) is 18.8. The van der Waals surface area contributed by atoms with Crippen molar-refractivity contribution < 1.29 is 19.2 Å². The number of hydrogen-bond donors (Lipinski definition) is 1. The van der Waals surface area contributed by atoms with E-state index in [4.69, 9.17) is 0 Å². The largest absolute Gasteiger partial charge is 0.337 e. The summed E-state index contributed by atoms with van der Waals surface area (Å²) in [5.41, 5.74) is -0.737. The van der Waals surface area contributed by atoms with Crippen LogP contribution in [0.2, 0.25) is 0 Å². The summed E-state index contributed by atoms with van der Waals surface area (Å²) in [7, 11) is 0. The van der Waals surface area contributed by atoms with Gasteiger partial charge in [0.1, 0.15) is 0 Å². The number of Topliss-reactive ketones (excluding diaryl/α,β-unsaturated/α-hetero) is 2. The Morgan fingerprint density at radius 3 is 2.57 bits per heavy atom. The van der Waals surface area contributed by atoms with E-state index in [1.54, 1.807) is 36.8 Å². The van der Waals surface area contributed by atoms with Gasteiger partial charge in [0, 0.05) is 42.4 Å². The lowest BCUT2D eigenvalue weighted by molar-refractivity contribution is -0.147. The van der Waals surface area contributed by atoms with Gasteiger partial charge >= 0.3 is 0 Å². The van der Waals surface area contributed by atoms with Crippen molar-refractivity contribution in [3.63, 3.8) is 0 Å². The standard InChI is InChI=1S/C21H18N4O4S/c26-15-10-25(8-3-7-24-9-6-22-12-24)20(29)21(23-15)11-30-19-16(21)17(27)13-4-1-2-5-14(13)18(19)28/h1-2,4-6,9,12H,3,7-8,10-11H2,(H,23,26). The van der Waals surface area contributed by atoms with Gasteiger partial charge in [-0.15, -0.1) is 11.8 Å². The van der Waals surface area contributed by atoms with E-state index in [9.17, 15) is 19.2 Å². The molecule has 1 saturated heterocycles. The minimum Gasteiger partial charge on any atom is -0.337 e. The minimum atomic E-state index is -1.48. The van der Waals surface area contributed by atoms with Crippen molar-refractivity contribution in [1.82, 2.24) is 19.8 Å². The van der Waals surface area contributed by atoms with Crippen LogP contribution in [0.3, 0.4) is 0 Å². The summed E-state index contributed by atoms with van der Waals surface area (Å²) in [6.45, 7) is 0.973. The second-order valence-corrected chi connectivity index (χ2v) is 8.52. The SMILES string of the molecule is O=C1CN(CCCn2ccnc2)C(=O)C2(CSC3=C2C(=O)c2ccccc2C3=O)N1. The predicted octanol–water partition coefficient (Wildman–Crippen LogP) is 1.05. The predicted molar refractivity (Wildman–Crippen MR) is 109 cm³/mol. The number of amides is 2. The van der Waals surface area contributed by atoms with Gasteiger partial charge in [-0.05, 0) is 6.42 Å². The topological polar surface area (TPSA) is 101 Å². The maximum absolute atomic E-state index is 13.5. The van der Waals surface area contributed by atoms with E-state index in [2.05, 4.69) is 10.3 Å². The molecule has 0 bridgehead atoms. The number of allylic oxidation sites excluding steroid dienone is 1. The van der Waals surface area contributed by atoms with Crippen LogP contribution in [0.4, 0.5) is 0 Å². The monoisotopic (exact) mass is 422 g/mol. The molecule has 1 atom stereocenters. The van der Waals surface area contributed by atoms with E-state index in [1.807, 2.05) is 10.8 Å². The number of fused-ring (bicyclic) bond motifs is 2. The van der Waals surface area contributed by atoms with E-state index in [0.29, 0.717) is 25.1 Å². The number of ketones is 2. The zero-order valence-electron chi connectivity index (χ0n) is 16.0. The summed E-state index contributed by atoms with van der Waals surface area (Å²) in [4.78, 5) is 58.0. The van der Waals surface area contributed by atoms with Crippen LogP contribution in [0, 0.1) is 0 Å². The van der Waals surface area contributed by atoms with Crippen molar-refractivity contribution in [2.24, 2.45) is 0 Å². The van der Waals surface area contributed by atoms with Crippen molar-refractivity contribution in [3.05, 3.63) is 64.6 Å². The van der Waals surface area contributed by atoms with Crippen LogP contribution in [0.5, 0.6) is 0 Å². The molecular formula is C21H18N4O4S. The van der Waals surface area contributed by atoms with Crippen LogP contribution in [-0.4, -0.2) is 62.2 Å². The number of nitrogens with one attached hydrogen (secondary N) is 1. The molecule has 9 heteroatoms. The summed E-state index contributed by atoms with van der Waals surface area (Å²) in [5.74, 6) is -1.14. The number of carbonyl (C=O) groups is 4. The van der Waals surface area contributed by atoms with E-state index in [0.717, 1.165) is 0 Å². The maximum Gasteiger partial charge on any atom is 0.254 e. The molecule has 1 aromatic heterocycles. The first-order chi connectivity index (χ1) is 14.5. The Morgan fingerprint density at radius 1 is 1.07 bits per heavy atom. The summed E-state index contributed by atoms with van der Waals surface area (Å²) in [6, 6.07) is 6.61.